The molecule has 1 aliphatic rings. The minimum atomic E-state index is -1.14. The Balaban J connectivity index is 2.99. The Kier molecular flexibility index (Phi) is 5.35. The summed E-state index contributed by atoms with van der Waals surface area (Å²) in [4.78, 5) is 37.8. The monoisotopic (exact) mass is 285 g/mol. The molecule has 0 saturated carbocycles. The van der Waals surface area contributed by atoms with Crippen LogP contribution in [0.5, 0.6) is 0 Å². The van der Waals surface area contributed by atoms with Crippen LogP contribution >= 0.6 is 0 Å². The third-order valence-electron chi connectivity index (χ3n) is 3.78. The van der Waals surface area contributed by atoms with Crippen LogP contribution in [0.2, 0.25) is 0 Å². The van der Waals surface area contributed by atoms with E-state index in [0.717, 1.165) is 0 Å². The molecule has 7 nitrogen and oxygen atoms in total. The molecule has 0 aromatic rings. The van der Waals surface area contributed by atoms with Crippen molar-refractivity contribution >= 4 is 17.9 Å². The molecule has 1 fully saturated rings. The second-order valence-electron chi connectivity index (χ2n) is 5.10. The van der Waals surface area contributed by atoms with Crippen molar-refractivity contribution in [2.24, 2.45) is 5.73 Å². The van der Waals surface area contributed by atoms with Crippen LogP contribution in [0.3, 0.4) is 0 Å². The highest BCUT2D eigenvalue weighted by Gasteiger charge is 2.50. The number of hydrogen-bond acceptors (Lipinski definition) is 3. The van der Waals surface area contributed by atoms with E-state index in [-0.39, 0.29) is 6.54 Å². The van der Waals surface area contributed by atoms with Crippen LogP contribution in [0.1, 0.15) is 39.5 Å². The minimum Gasteiger partial charge on any atom is -0.479 e. The van der Waals surface area contributed by atoms with Gasteiger partial charge in [-0.3, -0.25) is 4.79 Å². The predicted octanol–water partition coefficient (Wildman–Crippen LogP) is 0.633. The average molecular weight is 285 g/mol. The minimum absolute atomic E-state index is 0.187. The first kappa shape index (κ1) is 16.3. The number of carboxylic acid groups (broad SMARTS) is 1. The molecular weight excluding hydrogens is 262 g/mol. The number of likely N-dealkylation sites (tertiary alicyclic amines) is 1. The summed E-state index contributed by atoms with van der Waals surface area (Å²) in [6, 6.07) is -0.417. The van der Waals surface area contributed by atoms with Gasteiger partial charge in [0.2, 0.25) is 5.91 Å². The number of aliphatic carboxylic acids is 1. The summed E-state index contributed by atoms with van der Waals surface area (Å²) < 4.78 is 0. The third kappa shape index (κ3) is 3.02. The van der Waals surface area contributed by atoms with E-state index in [1.165, 1.54) is 9.80 Å². The van der Waals surface area contributed by atoms with Gasteiger partial charge in [-0.2, -0.15) is 0 Å². The van der Waals surface area contributed by atoms with Crippen LogP contribution in [0.4, 0.5) is 4.79 Å². The first-order valence-electron chi connectivity index (χ1n) is 6.97. The highest BCUT2D eigenvalue weighted by Crippen LogP contribution is 2.34. The first-order valence-corrected chi connectivity index (χ1v) is 6.97. The van der Waals surface area contributed by atoms with Crippen molar-refractivity contribution in [2.75, 3.05) is 19.6 Å². The van der Waals surface area contributed by atoms with Gasteiger partial charge in [0.1, 0.15) is 12.1 Å². The van der Waals surface area contributed by atoms with E-state index in [4.69, 9.17) is 5.73 Å². The largest absolute Gasteiger partial charge is 0.479 e. The summed E-state index contributed by atoms with van der Waals surface area (Å²) >= 11 is 0. The fraction of sp³-hybridized carbons (Fsp3) is 0.769. The summed E-state index contributed by atoms with van der Waals surface area (Å²) in [6.45, 7) is 4.17. The highest BCUT2D eigenvalue weighted by molar-refractivity contribution is 5.89. The van der Waals surface area contributed by atoms with E-state index in [0.29, 0.717) is 38.8 Å². The number of rotatable bonds is 6. The van der Waals surface area contributed by atoms with Crippen molar-refractivity contribution in [2.45, 2.75) is 45.1 Å². The van der Waals surface area contributed by atoms with Gasteiger partial charge in [0, 0.05) is 13.1 Å². The van der Waals surface area contributed by atoms with Gasteiger partial charge in [0.25, 0.3) is 0 Å². The lowest BCUT2D eigenvalue weighted by atomic mass is 9.91. The molecule has 0 bridgehead atoms. The molecule has 1 heterocycles. The van der Waals surface area contributed by atoms with Crippen LogP contribution in [0, 0.1) is 0 Å². The highest BCUT2D eigenvalue weighted by atomic mass is 16.4. The van der Waals surface area contributed by atoms with E-state index >= 15 is 0 Å². The Bertz CT molecular complexity index is 399. The number of nitrogens with two attached hydrogens (primary N) is 1. The Morgan fingerprint density at radius 3 is 2.45 bits per heavy atom. The molecule has 0 radical (unpaired) electrons. The Labute approximate surface area is 118 Å². The number of carbonyl (C=O) groups is 3. The number of carboxylic acids is 1. The van der Waals surface area contributed by atoms with Crippen LogP contribution in [0.25, 0.3) is 0 Å². The van der Waals surface area contributed by atoms with Crippen LogP contribution in [0.15, 0.2) is 0 Å². The second-order valence-corrected chi connectivity index (χ2v) is 5.10. The van der Waals surface area contributed by atoms with Crippen molar-refractivity contribution in [3.63, 3.8) is 0 Å². The summed E-state index contributed by atoms with van der Waals surface area (Å²) in [6.07, 6.45) is 2.21. The van der Waals surface area contributed by atoms with Crippen LogP contribution in [-0.4, -0.2) is 58.0 Å². The average Bonchev–Trinajstić information content (AvgIpc) is 2.80. The molecular formula is C13H23N3O4. The molecule has 20 heavy (non-hydrogen) atoms. The normalized spacial score (nSPS) is 21.8. The predicted molar refractivity (Wildman–Crippen MR) is 73.1 cm³/mol. The van der Waals surface area contributed by atoms with Gasteiger partial charge in [-0.15, -0.1) is 0 Å². The Morgan fingerprint density at radius 2 is 2.00 bits per heavy atom. The lowest BCUT2D eigenvalue weighted by Gasteiger charge is -2.37. The summed E-state index contributed by atoms with van der Waals surface area (Å²) in [5, 5.41) is 9.55. The van der Waals surface area contributed by atoms with Gasteiger partial charge < -0.3 is 20.6 Å². The number of hydrogen-bond donors (Lipinski definition) is 2. The number of carbonyl (C=O) groups excluding carboxylic acids is 2. The SMILES string of the molecule is CCCC1(C(=O)O)CCCN1C(=O)N(CC)CC(N)=O. The quantitative estimate of drug-likeness (QED) is 0.747. The molecule has 0 aliphatic carbocycles. The van der Waals surface area contributed by atoms with Gasteiger partial charge in [-0.05, 0) is 26.2 Å². The molecule has 3 amide bonds. The zero-order valence-electron chi connectivity index (χ0n) is 12.1. The topological polar surface area (TPSA) is 104 Å². The molecule has 1 atom stereocenters. The van der Waals surface area contributed by atoms with Crippen molar-refractivity contribution < 1.29 is 19.5 Å². The van der Waals surface area contributed by atoms with E-state index in [9.17, 15) is 19.5 Å². The van der Waals surface area contributed by atoms with Crippen molar-refractivity contribution in [3.8, 4) is 0 Å². The molecule has 3 N–H and O–H groups in total. The van der Waals surface area contributed by atoms with Crippen LogP contribution in [-0.2, 0) is 9.59 Å². The van der Waals surface area contributed by atoms with E-state index in [1.54, 1.807) is 6.92 Å². The third-order valence-corrected chi connectivity index (χ3v) is 3.78. The van der Waals surface area contributed by atoms with Crippen molar-refractivity contribution in [3.05, 3.63) is 0 Å². The second kappa shape index (κ2) is 6.58. The van der Waals surface area contributed by atoms with Gasteiger partial charge in [0.05, 0.1) is 0 Å². The maximum absolute atomic E-state index is 12.5. The zero-order chi connectivity index (χ0) is 15.3. The first-order chi connectivity index (χ1) is 9.39. The molecule has 1 unspecified atom stereocenters. The van der Waals surface area contributed by atoms with Gasteiger partial charge in [-0.25, -0.2) is 9.59 Å². The van der Waals surface area contributed by atoms with Crippen molar-refractivity contribution in [1.82, 2.24) is 9.80 Å². The number of nitrogens with zero attached hydrogens (tertiary/aromatic N) is 2. The molecule has 1 aliphatic heterocycles. The van der Waals surface area contributed by atoms with Gasteiger partial charge in [0.15, 0.2) is 0 Å². The molecule has 0 aromatic heterocycles. The number of urea groups is 1. The van der Waals surface area contributed by atoms with Crippen LogP contribution < -0.4 is 5.73 Å². The number of primary amides is 1. The standard InChI is InChI=1S/C13H23N3O4/c1-3-6-13(11(18)19)7-5-8-16(13)12(20)15(4-2)9-10(14)17/h3-9H2,1-2H3,(H2,14,17)(H,18,19). The molecule has 7 heteroatoms. The zero-order valence-corrected chi connectivity index (χ0v) is 12.1. The summed E-state index contributed by atoms with van der Waals surface area (Å²) in [5.74, 6) is -1.57. The molecule has 0 aromatic carbocycles. The number of likely N-dealkylation sites (N-methyl/N-ethyl adjacent to an activating group) is 1. The lowest BCUT2D eigenvalue weighted by Crippen LogP contribution is -2.57. The van der Waals surface area contributed by atoms with Gasteiger partial charge in [-0.1, -0.05) is 13.3 Å². The van der Waals surface area contributed by atoms with Gasteiger partial charge >= 0.3 is 12.0 Å². The Hall–Kier alpha value is -1.79. The van der Waals surface area contributed by atoms with E-state index in [2.05, 4.69) is 0 Å². The lowest BCUT2D eigenvalue weighted by molar-refractivity contribution is -0.148. The maximum Gasteiger partial charge on any atom is 0.329 e. The maximum atomic E-state index is 12.5. The molecule has 1 rings (SSSR count). The molecule has 1 saturated heterocycles. The summed E-state index contributed by atoms with van der Waals surface area (Å²) in [5.41, 5.74) is 3.98. The van der Waals surface area contributed by atoms with E-state index in [1.807, 2.05) is 6.92 Å². The smallest absolute Gasteiger partial charge is 0.329 e. The Morgan fingerprint density at radius 1 is 1.35 bits per heavy atom. The van der Waals surface area contributed by atoms with Crippen molar-refractivity contribution in [1.29, 1.82) is 0 Å². The molecule has 114 valence electrons. The fourth-order valence-corrected chi connectivity index (χ4v) is 2.83. The summed E-state index contributed by atoms with van der Waals surface area (Å²) in [7, 11) is 0. The molecule has 0 spiro atoms. The number of amides is 3. The fourth-order valence-electron chi connectivity index (χ4n) is 2.83. The van der Waals surface area contributed by atoms with E-state index < -0.39 is 23.4 Å².